The zero-order valence-electron chi connectivity index (χ0n) is 16.0. The molecule has 1 heterocycles. The van der Waals surface area contributed by atoms with Crippen molar-refractivity contribution in [3.8, 4) is 0 Å². The second kappa shape index (κ2) is 11.2. The number of nitrogens with zero attached hydrogens (tertiary/aromatic N) is 2. The van der Waals surface area contributed by atoms with E-state index >= 15 is 0 Å². The van der Waals surface area contributed by atoms with Crippen LogP contribution in [0.5, 0.6) is 0 Å². The van der Waals surface area contributed by atoms with Gasteiger partial charge in [-0.15, -0.1) is 0 Å². The Kier molecular flexibility index (Phi) is 9.00. The summed E-state index contributed by atoms with van der Waals surface area (Å²) in [5, 5.41) is 6.49. The molecule has 8 heteroatoms. The van der Waals surface area contributed by atoms with E-state index in [0.717, 1.165) is 31.7 Å². The molecular formula is C19H29ClN4O3. The van der Waals surface area contributed by atoms with Gasteiger partial charge in [0, 0.05) is 51.4 Å². The first kappa shape index (κ1) is 21.6. The first-order valence-electron chi connectivity index (χ1n) is 9.24. The molecule has 2 rings (SSSR count). The molecule has 1 unspecified atom stereocenters. The lowest BCUT2D eigenvalue weighted by molar-refractivity contribution is -0.128. The van der Waals surface area contributed by atoms with Gasteiger partial charge in [-0.25, -0.2) is 0 Å². The molecule has 1 aliphatic heterocycles. The summed E-state index contributed by atoms with van der Waals surface area (Å²) in [6.45, 7) is 6.91. The Labute approximate surface area is 166 Å². The number of methoxy groups -OCH3 is 1. The zero-order valence-corrected chi connectivity index (χ0v) is 16.8. The summed E-state index contributed by atoms with van der Waals surface area (Å²) < 4.78 is 4.92. The maximum atomic E-state index is 12.4. The SMILES string of the molecule is COCCNC(=O)CN1CCN(C(C)C(=O)NCc2ccc(Cl)cc2)CC1. The standard InChI is InChI=1S/C19H29ClN4O3/c1-15(19(26)22-13-16-3-5-17(20)6-4-16)24-10-8-23(9-11-24)14-18(25)21-7-12-27-2/h3-6,15H,7-14H2,1-2H3,(H,21,25)(H,22,26). The van der Waals surface area contributed by atoms with Gasteiger partial charge in [0.15, 0.2) is 0 Å². The van der Waals surface area contributed by atoms with Gasteiger partial charge < -0.3 is 15.4 Å². The number of piperazine rings is 1. The summed E-state index contributed by atoms with van der Waals surface area (Å²) in [6.07, 6.45) is 0. The molecule has 1 aromatic rings. The van der Waals surface area contributed by atoms with Crippen molar-refractivity contribution >= 4 is 23.4 Å². The molecule has 0 bridgehead atoms. The third-order valence-corrected chi connectivity index (χ3v) is 4.96. The fraction of sp³-hybridized carbons (Fsp3) is 0.579. The van der Waals surface area contributed by atoms with Gasteiger partial charge in [-0.1, -0.05) is 23.7 Å². The predicted molar refractivity (Wildman–Crippen MR) is 106 cm³/mol. The molecule has 7 nitrogen and oxygen atoms in total. The van der Waals surface area contributed by atoms with E-state index in [1.165, 1.54) is 0 Å². The Bertz CT molecular complexity index is 603. The highest BCUT2D eigenvalue weighted by Crippen LogP contribution is 2.10. The minimum absolute atomic E-state index is 0.00857. The number of amides is 2. The predicted octanol–water partition coefficient (Wildman–Crippen LogP) is 0.725. The highest BCUT2D eigenvalue weighted by molar-refractivity contribution is 6.30. The monoisotopic (exact) mass is 396 g/mol. The van der Waals surface area contributed by atoms with Gasteiger partial charge in [-0.3, -0.25) is 19.4 Å². The number of carbonyl (C=O) groups is 2. The molecule has 0 aliphatic carbocycles. The van der Waals surface area contributed by atoms with Gasteiger partial charge in [0.2, 0.25) is 11.8 Å². The molecule has 1 fully saturated rings. The largest absolute Gasteiger partial charge is 0.383 e. The summed E-state index contributed by atoms with van der Waals surface area (Å²) in [7, 11) is 1.61. The summed E-state index contributed by atoms with van der Waals surface area (Å²) in [5.74, 6) is 0.0185. The number of ether oxygens (including phenoxy) is 1. The molecule has 27 heavy (non-hydrogen) atoms. The first-order valence-corrected chi connectivity index (χ1v) is 9.61. The molecule has 0 spiro atoms. The van der Waals surface area contributed by atoms with E-state index in [-0.39, 0.29) is 17.9 Å². The third kappa shape index (κ3) is 7.46. The Balaban J connectivity index is 1.68. The molecule has 1 aliphatic rings. The molecule has 1 saturated heterocycles. The van der Waals surface area contributed by atoms with Crippen molar-refractivity contribution in [1.82, 2.24) is 20.4 Å². The van der Waals surface area contributed by atoms with Crippen LogP contribution in [0.3, 0.4) is 0 Å². The van der Waals surface area contributed by atoms with Crippen molar-refractivity contribution in [3.63, 3.8) is 0 Å². The summed E-state index contributed by atoms with van der Waals surface area (Å²) in [6, 6.07) is 7.25. The lowest BCUT2D eigenvalue weighted by atomic mass is 10.2. The van der Waals surface area contributed by atoms with Crippen molar-refractivity contribution < 1.29 is 14.3 Å². The van der Waals surface area contributed by atoms with Crippen LogP contribution < -0.4 is 10.6 Å². The fourth-order valence-electron chi connectivity index (χ4n) is 2.97. The highest BCUT2D eigenvalue weighted by atomic mass is 35.5. The molecular weight excluding hydrogens is 368 g/mol. The van der Waals surface area contributed by atoms with Crippen molar-refractivity contribution in [2.24, 2.45) is 0 Å². The van der Waals surface area contributed by atoms with Gasteiger partial charge in [-0.2, -0.15) is 0 Å². The number of hydrogen-bond donors (Lipinski definition) is 2. The molecule has 2 amide bonds. The van der Waals surface area contributed by atoms with Crippen LogP contribution in [0.1, 0.15) is 12.5 Å². The van der Waals surface area contributed by atoms with E-state index in [2.05, 4.69) is 20.4 Å². The van der Waals surface area contributed by atoms with Gasteiger partial charge >= 0.3 is 0 Å². The van der Waals surface area contributed by atoms with Crippen LogP contribution in [0.25, 0.3) is 0 Å². The van der Waals surface area contributed by atoms with E-state index in [1.807, 2.05) is 31.2 Å². The minimum Gasteiger partial charge on any atom is -0.383 e. The third-order valence-electron chi connectivity index (χ3n) is 4.71. The second-order valence-electron chi connectivity index (χ2n) is 6.68. The molecule has 1 atom stereocenters. The summed E-state index contributed by atoms with van der Waals surface area (Å²) in [4.78, 5) is 28.5. The van der Waals surface area contributed by atoms with Crippen molar-refractivity contribution in [1.29, 1.82) is 0 Å². The van der Waals surface area contributed by atoms with Crippen LogP contribution in [-0.2, 0) is 20.9 Å². The van der Waals surface area contributed by atoms with Crippen LogP contribution in [0.4, 0.5) is 0 Å². The van der Waals surface area contributed by atoms with Crippen molar-refractivity contribution in [3.05, 3.63) is 34.9 Å². The number of halogens is 1. The lowest BCUT2D eigenvalue weighted by Crippen LogP contribution is -2.55. The normalized spacial score (nSPS) is 16.7. The number of benzene rings is 1. The fourth-order valence-corrected chi connectivity index (χ4v) is 3.09. The Morgan fingerprint density at radius 3 is 2.44 bits per heavy atom. The Hall–Kier alpha value is -1.67. The molecule has 1 aromatic carbocycles. The van der Waals surface area contributed by atoms with E-state index in [0.29, 0.717) is 31.3 Å². The van der Waals surface area contributed by atoms with E-state index in [4.69, 9.17) is 16.3 Å². The molecule has 2 N–H and O–H groups in total. The quantitative estimate of drug-likeness (QED) is 0.602. The number of rotatable bonds is 9. The Morgan fingerprint density at radius 2 is 1.81 bits per heavy atom. The van der Waals surface area contributed by atoms with E-state index < -0.39 is 0 Å². The average Bonchev–Trinajstić information content (AvgIpc) is 2.67. The maximum Gasteiger partial charge on any atom is 0.237 e. The van der Waals surface area contributed by atoms with E-state index in [1.54, 1.807) is 7.11 Å². The van der Waals surface area contributed by atoms with Crippen LogP contribution in [-0.4, -0.2) is 80.6 Å². The lowest BCUT2D eigenvalue weighted by Gasteiger charge is -2.37. The van der Waals surface area contributed by atoms with Crippen LogP contribution >= 0.6 is 11.6 Å². The topological polar surface area (TPSA) is 73.9 Å². The van der Waals surface area contributed by atoms with Gasteiger partial charge in [-0.05, 0) is 24.6 Å². The van der Waals surface area contributed by atoms with E-state index in [9.17, 15) is 9.59 Å². The summed E-state index contributed by atoms with van der Waals surface area (Å²) in [5.41, 5.74) is 1.02. The second-order valence-corrected chi connectivity index (χ2v) is 7.11. The smallest absolute Gasteiger partial charge is 0.237 e. The number of carbonyl (C=O) groups excluding carboxylic acids is 2. The van der Waals surface area contributed by atoms with Crippen molar-refractivity contribution in [2.75, 3.05) is 53.0 Å². The Morgan fingerprint density at radius 1 is 1.15 bits per heavy atom. The zero-order chi connectivity index (χ0) is 19.6. The average molecular weight is 397 g/mol. The highest BCUT2D eigenvalue weighted by Gasteiger charge is 2.26. The minimum atomic E-state index is -0.199. The first-order chi connectivity index (χ1) is 13.0. The molecule has 0 aromatic heterocycles. The van der Waals surface area contributed by atoms with Gasteiger partial charge in [0.1, 0.15) is 0 Å². The van der Waals surface area contributed by atoms with Gasteiger partial charge in [0.05, 0.1) is 19.2 Å². The molecule has 0 saturated carbocycles. The number of hydrogen-bond acceptors (Lipinski definition) is 5. The van der Waals surface area contributed by atoms with Crippen molar-refractivity contribution in [2.45, 2.75) is 19.5 Å². The number of nitrogens with one attached hydrogen (secondary N) is 2. The molecule has 0 radical (unpaired) electrons. The summed E-state index contributed by atoms with van der Waals surface area (Å²) >= 11 is 5.87. The molecule has 150 valence electrons. The van der Waals surface area contributed by atoms with Gasteiger partial charge in [0.25, 0.3) is 0 Å². The van der Waals surface area contributed by atoms with Crippen LogP contribution in [0, 0.1) is 0 Å². The van der Waals surface area contributed by atoms with Crippen LogP contribution in [0.15, 0.2) is 24.3 Å². The van der Waals surface area contributed by atoms with Crippen LogP contribution in [0.2, 0.25) is 5.02 Å². The maximum absolute atomic E-state index is 12.4.